The summed E-state index contributed by atoms with van der Waals surface area (Å²) in [4.78, 5) is 15.2. The molecule has 1 aromatic rings. The van der Waals surface area contributed by atoms with E-state index >= 15 is 0 Å². The van der Waals surface area contributed by atoms with Crippen LogP contribution in [0.2, 0.25) is 0 Å². The summed E-state index contributed by atoms with van der Waals surface area (Å²) in [5.41, 5.74) is 0. The fourth-order valence-electron chi connectivity index (χ4n) is 1.21. The summed E-state index contributed by atoms with van der Waals surface area (Å²) in [6.45, 7) is 1.90. The number of amides is 1. The van der Waals surface area contributed by atoms with E-state index in [2.05, 4.69) is 10.3 Å². The average molecular weight is 221 g/mol. The number of carbonyl (C=O) groups is 1. The van der Waals surface area contributed by atoms with Crippen molar-refractivity contribution in [2.24, 2.45) is 5.92 Å². The summed E-state index contributed by atoms with van der Waals surface area (Å²) in [6.07, 6.45) is 2.27. The van der Waals surface area contributed by atoms with Gasteiger partial charge in [-0.15, -0.1) is 0 Å². The number of nitrogens with zero attached hydrogens (tertiary/aromatic N) is 2. The van der Waals surface area contributed by atoms with E-state index in [1.54, 1.807) is 0 Å². The molecule has 1 N–H and O–H groups in total. The highest BCUT2D eigenvalue weighted by Crippen LogP contribution is 2.09. The Bertz CT molecular complexity index is 397. The van der Waals surface area contributed by atoms with Crippen LogP contribution in [0.15, 0.2) is 18.3 Å². The van der Waals surface area contributed by atoms with Crippen LogP contribution in [0, 0.1) is 23.1 Å². The van der Waals surface area contributed by atoms with Crippen LogP contribution in [-0.4, -0.2) is 10.9 Å². The molecule has 1 atom stereocenters. The van der Waals surface area contributed by atoms with Crippen molar-refractivity contribution in [1.29, 1.82) is 5.26 Å². The Hall–Kier alpha value is -1.96. The molecule has 5 heteroatoms. The minimum absolute atomic E-state index is 0.253. The van der Waals surface area contributed by atoms with E-state index in [0.717, 1.165) is 12.6 Å². The first-order chi connectivity index (χ1) is 7.67. The second-order valence-corrected chi connectivity index (χ2v) is 3.32. The molecule has 1 unspecified atom stereocenters. The number of carbonyl (C=O) groups excluding carboxylic acids is 1. The molecule has 0 spiro atoms. The van der Waals surface area contributed by atoms with E-state index in [4.69, 9.17) is 5.26 Å². The molecule has 1 heterocycles. The molecule has 0 fully saturated rings. The van der Waals surface area contributed by atoms with Crippen LogP contribution in [0.4, 0.5) is 10.2 Å². The fraction of sp³-hybridized carbons (Fsp3) is 0.364. The van der Waals surface area contributed by atoms with Crippen molar-refractivity contribution in [2.45, 2.75) is 19.8 Å². The minimum Gasteiger partial charge on any atom is -0.310 e. The van der Waals surface area contributed by atoms with Gasteiger partial charge in [-0.2, -0.15) is 5.26 Å². The molecule has 0 aromatic carbocycles. The van der Waals surface area contributed by atoms with Crippen LogP contribution in [-0.2, 0) is 4.79 Å². The first-order valence-electron chi connectivity index (χ1n) is 4.99. The average Bonchev–Trinajstić information content (AvgIpc) is 2.29. The van der Waals surface area contributed by atoms with Gasteiger partial charge in [-0.05, 0) is 18.6 Å². The molecule has 1 amide bonds. The normalized spacial score (nSPS) is 11.6. The summed E-state index contributed by atoms with van der Waals surface area (Å²) in [6, 6.07) is 4.47. The van der Waals surface area contributed by atoms with Gasteiger partial charge in [-0.3, -0.25) is 4.79 Å². The zero-order valence-electron chi connectivity index (χ0n) is 8.90. The maximum atomic E-state index is 12.5. The van der Waals surface area contributed by atoms with Crippen LogP contribution in [0.3, 0.4) is 0 Å². The lowest BCUT2D eigenvalue weighted by molar-refractivity contribution is -0.118. The number of anilines is 1. The molecule has 0 saturated heterocycles. The Labute approximate surface area is 93.1 Å². The van der Waals surface area contributed by atoms with Crippen molar-refractivity contribution in [3.63, 3.8) is 0 Å². The molecular weight excluding hydrogens is 209 g/mol. The molecule has 16 heavy (non-hydrogen) atoms. The lowest BCUT2D eigenvalue weighted by Gasteiger charge is -2.07. The van der Waals surface area contributed by atoms with Crippen LogP contribution in [0.25, 0.3) is 0 Å². The largest absolute Gasteiger partial charge is 0.310 e. The van der Waals surface area contributed by atoms with E-state index in [9.17, 15) is 9.18 Å². The van der Waals surface area contributed by atoms with Crippen LogP contribution >= 0.6 is 0 Å². The standard InChI is InChI=1S/C11H12FN3O/c1-2-3-8(6-13)11(16)15-10-5-4-9(12)7-14-10/h4-5,7-8H,2-3H2,1H3,(H,14,15,16). The van der Waals surface area contributed by atoms with Crippen LogP contribution in [0.1, 0.15) is 19.8 Å². The van der Waals surface area contributed by atoms with E-state index in [-0.39, 0.29) is 5.82 Å². The molecular formula is C11H12FN3O. The lowest BCUT2D eigenvalue weighted by atomic mass is 10.1. The fourth-order valence-corrected chi connectivity index (χ4v) is 1.21. The summed E-state index contributed by atoms with van der Waals surface area (Å²) >= 11 is 0. The molecule has 0 aliphatic heterocycles. The van der Waals surface area contributed by atoms with Crippen LogP contribution < -0.4 is 5.32 Å². The van der Waals surface area contributed by atoms with Gasteiger partial charge in [-0.25, -0.2) is 9.37 Å². The second kappa shape index (κ2) is 5.81. The number of pyridine rings is 1. The zero-order valence-corrected chi connectivity index (χ0v) is 8.90. The second-order valence-electron chi connectivity index (χ2n) is 3.32. The third-order valence-electron chi connectivity index (χ3n) is 2.03. The quantitative estimate of drug-likeness (QED) is 0.846. The number of hydrogen-bond donors (Lipinski definition) is 1. The van der Waals surface area contributed by atoms with E-state index in [0.29, 0.717) is 6.42 Å². The third-order valence-corrected chi connectivity index (χ3v) is 2.03. The molecule has 0 aliphatic carbocycles. The molecule has 4 nitrogen and oxygen atoms in total. The Morgan fingerprint density at radius 2 is 2.44 bits per heavy atom. The summed E-state index contributed by atoms with van der Waals surface area (Å²) < 4.78 is 12.5. The number of halogens is 1. The van der Waals surface area contributed by atoms with Gasteiger partial charge in [-0.1, -0.05) is 13.3 Å². The SMILES string of the molecule is CCCC(C#N)C(=O)Nc1ccc(F)cn1. The van der Waals surface area contributed by atoms with Crippen molar-refractivity contribution in [3.05, 3.63) is 24.1 Å². The topological polar surface area (TPSA) is 65.8 Å². The number of nitriles is 1. The lowest BCUT2D eigenvalue weighted by Crippen LogP contribution is -2.21. The van der Waals surface area contributed by atoms with E-state index < -0.39 is 17.6 Å². The van der Waals surface area contributed by atoms with Gasteiger partial charge in [0.1, 0.15) is 17.6 Å². The number of hydrogen-bond acceptors (Lipinski definition) is 3. The smallest absolute Gasteiger partial charge is 0.242 e. The molecule has 1 rings (SSSR count). The molecule has 0 radical (unpaired) electrons. The first-order valence-corrected chi connectivity index (χ1v) is 4.99. The molecule has 0 aliphatic rings. The predicted octanol–water partition coefficient (Wildman–Crippen LogP) is 2.10. The van der Waals surface area contributed by atoms with Crippen molar-refractivity contribution in [2.75, 3.05) is 5.32 Å². The van der Waals surface area contributed by atoms with Crippen LogP contribution in [0.5, 0.6) is 0 Å². The van der Waals surface area contributed by atoms with Crippen molar-refractivity contribution in [1.82, 2.24) is 4.98 Å². The maximum Gasteiger partial charge on any atom is 0.242 e. The molecule has 0 saturated carbocycles. The van der Waals surface area contributed by atoms with Crippen molar-refractivity contribution < 1.29 is 9.18 Å². The molecule has 1 aromatic heterocycles. The predicted molar refractivity (Wildman–Crippen MR) is 56.8 cm³/mol. The summed E-state index contributed by atoms with van der Waals surface area (Å²) in [5, 5.41) is 11.2. The first kappa shape index (κ1) is 12.1. The van der Waals surface area contributed by atoms with Gasteiger partial charge >= 0.3 is 0 Å². The highest BCUT2D eigenvalue weighted by molar-refractivity contribution is 5.93. The number of aromatic nitrogens is 1. The number of rotatable bonds is 4. The van der Waals surface area contributed by atoms with Gasteiger partial charge < -0.3 is 5.32 Å². The van der Waals surface area contributed by atoms with Crippen molar-refractivity contribution >= 4 is 11.7 Å². The van der Waals surface area contributed by atoms with Gasteiger partial charge in [0.05, 0.1) is 12.3 Å². The van der Waals surface area contributed by atoms with Gasteiger partial charge in [0, 0.05) is 0 Å². The molecule has 84 valence electrons. The Balaban J connectivity index is 2.63. The summed E-state index contributed by atoms with van der Waals surface area (Å²) in [5.74, 6) is -1.30. The highest BCUT2D eigenvalue weighted by atomic mass is 19.1. The van der Waals surface area contributed by atoms with Crippen molar-refractivity contribution in [3.8, 4) is 6.07 Å². The van der Waals surface area contributed by atoms with Gasteiger partial charge in [0.2, 0.25) is 5.91 Å². The Kier molecular flexibility index (Phi) is 4.40. The third kappa shape index (κ3) is 3.31. The van der Waals surface area contributed by atoms with E-state index in [1.165, 1.54) is 12.1 Å². The zero-order chi connectivity index (χ0) is 12.0. The minimum atomic E-state index is -0.683. The Morgan fingerprint density at radius 3 is 2.94 bits per heavy atom. The van der Waals surface area contributed by atoms with Gasteiger partial charge in [0.15, 0.2) is 0 Å². The Morgan fingerprint density at radius 1 is 1.69 bits per heavy atom. The highest BCUT2D eigenvalue weighted by Gasteiger charge is 2.16. The summed E-state index contributed by atoms with van der Waals surface area (Å²) in [7, 11) is 0. The monoisotopic (exact) mass is 221 g/mol. The van der Waals surface area contributed by atoms with Gasteiger partial charge in [0.25, 0.3) is 0 Å². The number of nitrogens with one attached hydrogen (secondary N) is 1. The molecule has 0 bridgehead atoms. The maximum absolute atomic E-state index is 12.5. The van der Waals surface area contributed by atoms with E-state index in [1.807, 2.05) is 13.0 Å².